The lowest BCUT2D eigenvalue weighted by Gasteiger charge is -2.30. The molecule has 0 heterocycles. The van der Waals surface area contributed by atoms with Crippen molar-refractivity contribution in [3.63, 3.8) is 0 Å². The van der Waals surface area contributed by atoms with Crippen LogP contribution < -0.4 is 5.32 Å². The Morgan fingerprint density at radius 3 is 2.81 bits per heavy atom. The molecule has 1 rings (SSSR count). The number of rotatable bonds is 8. The lowest BCUT2D eigenvalue weighted by atomic mass is 10.1. The molecule has 16 heavy (non-hydrogen) atoms. The van der Waals surface area contributed by atoms with Gasteiger partial charge in [-0.05, 0) is 39.8 Å². The van der Waals surface area contributed by atoms with Crippen molar-refractivity contribution in [3.8, 4) is 0 Å². The van der Waals surface area contributed by atoms with Gasteiger partial charge in [0.25, 0.3) is 0 Å². The maximum atomic E-state index is 5.42. The van der Waals surface area contributed by atoms with E-state index in [2.05, 4.69) is 31.1 Å². The van der Waals surface area contributed by atoms with E-state index in [1.54, 1.807) is 0 Å². The second-order valence-corrected chi connectivity index (χ2v) is 4.74. The smallest absolute Gasteiger partial charge is 0.0593 e. The van der Waals surface area contributed by atoms with Crippen LogP contribution in [0.2, 0.25) is 0 Å². The Bertz CT molecular complexity index is 175. The van der Waals surface area contributed by atoms with Crippen molar-refractivity contribution >= 4 is 0 Å². The van der Waals surface area contributed by atoms with E-state index in [1.807, 2.05) is 0 Å². The average Bonchev–Trinajstić information content (AvgIpc) is 2.74. The molecule has 3 nitrogen and oxygen atoms in total. The topological polar surface area (TPSA) is 24.5 Å². The molecule has 1 fully saturated rings. The highest BCUT2D eigenvalue weighted by atomic mass is 16.5. The molecule has 0 aromatic rings. The van der Waals surface area contributed by atoms with Gasteiger partial charge >= 0.3 is 0 Å². The predicted molar refractivity (Wildman–Crippen MR) is 68.8 cm³/mol. The van der Waals surface area contributed by atoms with Crippen LogP contribution in [0.1, 0.15) is 39.5 Å². The predicted octanol–water partition coefficient (Wildman–Crippen LogP) is 1.88. The summed E-state index contributed by atoms with van der Waals surface area (Å²) in [5, 5.41) is 3.67. The van der Waals surface area contributed by atoms with Crippen LogP contribution in [0.5, 0.6) is 0 Å². The van der Waals surface area contributed by atoms with E-state index in [9.17, 15) is 0 Å². The molecule has 0 bridgehead atoms. The second-order valence-electron chi connectivity index (χ2n) is 4.74. The van der Waals surface area contributed by atoms with Crippen LogP contribution in [0.4, 0.5) is 0 Å². The summed E-state index contributed by atoms with van der Waals surface area (Å²) in [5.41, 5.74) is 0. The maximum absolute atomic E-state index is 5.42. The standard InChI is InChI=1S/C13H28N2O/c1-4-9-14-12-7-6-8-13(12)15(3)10-11-16-5-2/h12-14H,4-11H2,1-3H3. The first-order chi connectivity index (χ1) is 7.79. The summed E-state index contributed by atoms with van der Waals surface area (Å²) in [6.45, 7) is 8.19. The molecule has 96 valence electrons. The number of hydrogen-bond acceptors (Lipinski definition) is 3. The summed E-state index contributed by atoms with van der Waals surface area (Å²) >= 11 is 0. The van der Waals surface area contributed by atoms with Gasteiger partial charge in [-0.25, -0.2) is 0 Å². The van der Waals surface area contributed by atoms with Gasteiger partial charge in [0.05, 0.1) is 6.61 Å². The fourth-order valence-electron chi connectivity index (χ4n) is 2.55. The molecule has 0 amide bonds. The molecule has 0 aliphatic heterocycles. The highest BCUT2D eigenvalue weighted by Crippen LogP contribution is 2.23. The van der Waals surface area contributed by atoms with Crippen LogP contribution in [0.15, 0.2) is 0 Å². The van der Waals surface area contributed by atoms with Crippen LogP contribution >= 0.6 is 0 Å². The first kappa shape index (κ1) is 13.9. The molecule has 0 saturated heterocycles. The van der Waals surface area contributed by atoms with Crippen molar-refractivity contribution in [1.29, 1.82) is 0 Å². The monoisotopic (exact) mass is 228 g/mol. The zero-order valence-electron chi connectivity index (χ0n) is 11.2. The Labute approximate surface area is 101 Å². The zero-order valence-corrected chi connectivity index (χ0v) is 11.2. The van der Waals surface area contributed by atoms with Gasteiger partial charge in [-0.1, -0.05) is 13.3 Å². The fraction of sp³-hybridized carbons (Fsp3) is 1.00. The van der Waals surface area contributed by atoms with Gasteiger partial charge in [0.15, 0.2) is 0 Å². The summed E-state index contributed by atoms with van der Waals surface area (Å²) in [5.74, 6) is 0. The van der Waals surface area contributed by atoms with Crippen molar-refractivity contribution in [2.75, 3.05) is 33.4 Å². The minimum absolute atomic E-state index is 0.701. The number of nitrogens with one attached hydrogen (secondary N) is 1. The molecule has 1 N–H and O–H groups in total. The van der Waals surface area contributed by atoms with E-state index in [0.29, 0.717) is 12.1 Å². The summed E-state index contributed by atoms with van der Waals surface area (Å²) in [7, 11) is 2.23. The van der Waals surface area contributed by atoms with Crippen LogP contribution in [-0.4, -0.2) is 50.3 Å². The number of likely N-dealkylation sites (N-methyl/N-ethyl adjacent to an activating group) is 1. The highest BCUT2D eigenvalue weighted by Gasteiger charge is 2.29. The van der Waals surface area contributed by atoms with Crippen LogP contribution in [0.25, 0.3) is 0 Å². The van der Waals surface area contributed by atoms with Crippen molar-refractivity contribution < 1.29 is 4.74 Å². The first-order valence-corrected chi connectivity index (χ1v) is 6.81. The number of hydrogen-bond donors (Lipinski definition) is 1. The van der Waals surface area contributed by atoms with Crippen LogP contribution in [0, 0.1) is 0 Å². The number of nitrogens with zero attached hydrogens (tertiary/aromatic N) is 1. The minimum atomic E-state index is 0.701. The van der Waals surface area contributed by atoms with E-state index in [4.69, 9.17) is 4.74 Å². The van der Waals surface area contributed by atoms with Crippen molar-refractivity contribution in [2.45, 2.75) is 51.6 Å². The Kier molecular flexibility index (Phi) is 7.01. The van der Waals surface area contributed by atoms with Gasteiger partial charge in [0.1, 0.15) is 0 Å². The quantitative estimate of drug-likeness (QED) is 0.642. The fourth-order valence-corrected chi connectivity index (χ4v) is 2.55. The van der Waals surface area contributed by atoms with Crippen molar-refractivity contribution in [3.05, 3.63) is 0 Å². The lowest BCUT2D eigenvalue weighted by molar-refractivity contribution is 0.102. The Morgan fingerprint density at radius 1 is 1.31 bits per heavy atom. The summed E-state index contributed by atoms with van der Waals surface area (Å²) in [4.78, 5) is 2.47. The van der Waals surface area contributed by atoms with E-state index in [1.165, 1.54) is 25.7 Å². The Hall–Kier alpha value is -0.120. The third-order valence-electron chi connectivity index (χ3n) is 3.49. The van der Waals surface area contributed by atoms with Crippen molar-refractivity contribution in [1.82, 2.24) is 10.2 Å². The maximum Gasteiger partial charge on any atom is 0.0593 e. The Balaban J connectivity index is 2.26. The summed E-state index contributed by atoms with van der Waals surface area (Å²) < 4.78 is 5.42. The molecule has 0 aromatic heterocycles. The summed E-state index contributed by atoms with van der Waals surface area (Å²) in [6, 6.07) is 1.42. The number of ether oxygens (including phenoxy) is 1. The van der Waals surface area contributed by atoms with Gasteiger partial charge in [-0.3, -0.25) is 4.90 Å². The largest absolute Gasteiger partial charge is 0.380 e. The van der Waals surface area contributed by atoms with E-state index >= 15 is 0 Å². The van der Waals surface area contributed by atoms with Gasteiger partial charge in [-0.2, -0.15) is 0 Å². The first-order valence-electron chi connectivity index (χ1n) is 6.81. The van der Waals surface area contributed by atoms with Gasteiger partial charge in [0, 0.05) is 25.2 Å². The van der Waals surface area contributed by atoms with Crippen LogP contribution in [0.3, 0.4) is 0 Å². The molecule has 3 heteroatoms. The van der Waals surface area contributed by atoms with Gasteiger partial charge < -0.3 is 10.1 Å². The third-order valence-corrected chi connectivity index (χ3v) is 3.49. The minimum Gasteiger partial charge on any atom is -0.380 e. The second kappa shape index (κ2) is 8.04. The molecule has 1 aliphatic rings. The molecular weight excluding hydrogens is 200 g/mol. The molecule has 2 atom stereocenters. The molecule has 1 aliphatic carbocycles. The molecule has 2 unspecified atom stereocenters. The van der Waals surface area contributed by atoms with E-state index < -0.39 is 0 Å². The molecular formula is C13H28N2O. The molecule has 0 aromatic carbocycles. The van der Waals surface area contributed by atoms with Crippen molar-refractivity contribution in [2.24, 2.45) is 0 Å². The normalized spacial score (nSPS) is 25.5. The van der Waals surface area contributed by atoms with Gasteiger partial charge in [-0.15, -0.1) is 0 Å². The zero-order chi connectivity index (χ0) is 11.8. The third kappa shape index (κ3) is 4.40. The van der Waals surface area contributed by atoms with Crippen LogP contribution in [-0.2, 0) is 4.74 Å². The summed E-state index contributed by atoms with van der Waals surface area (Å²) in [6.07, 6.45) is 5.27. The Morgan fingerprint density at radius 2 is 2.12 bits per heavy atom. The lowest BCUT2D eigenvalue weighted by Crippen LogP contribution is -2.46. The average molecular weight is 228 g/mol. The molecule has 1 saturated carbocycles. The van der Waals surface area contributed by atoms with E-state index in [0.717, 1.165) is 26.3 Å². The molecule has 0 spiro atoms. The highest BCUT2D eigenvalue weighted by molar-refractivity contribution is 4.89. The SMILES string of the molecule is CCCNC1CCCC1N(C)CCOCC. The van der Waals surface area contributed by atoms with Gasteiger partial charge in [0.2, 0.25) is 0 Å². The van der Waals surface area contributed by atoms with E-state index in [-0.39, 0.29) is 0 Å². The molecule has 0 radical (unpaired) electrons.